The molecular formula is C42H32N2O3. The third-order valence-electron chi connectivity index (χ3n) is 7.39. The van der Waals surface area contributed by atoms with E-state index in [1.165, 1.54) is 12.2 Å². The summed E-state index contributed by atoms with van der Waals surface area (Å²) in [6, 6.07) is 56.1. The van der Waals surface area contributed by atoms with Crippen LogP contribution >= 0.6 is 0 Å². The summed E-state index contributed by atoms with van der Waals surface area (Å²) in [6.07, 6.45) is 5.76. The summed E-state index contributed by atoms with van der Waals surface area (Å²) in [6.45, 7) is 0. The van der Waals surface area contributed by atoms with Crippen LogP contribution < -0.4 is 9.80 Å². The largest absolute Gasteiger partial charge is 0.387 e. The van der Waals surface area contributed by atoms with Crippen molar-refractivity contribution in [2.24, 2.45) is 0 Å². The molecule has 0 aliphatic heterocycles. The second kappa shape index (κ2) is 15.0. The van der Waals surface area contributed by atoms with Gasteiger partial charge in [0.15, 0.2) is 0 Å². The number of para-hydroxylation sites is 4. The summed E-state index contributed by atoms with van der Waals surface area (Å²) < 4.78 is 4.98. The molecule has 0 fully saturated rings. The van der Waals surface area contributed by atoms with E-state index in [-0.39, 0.29) is 0 Å². The van der Waals surface area contributed by atoms with Gasteiger partial charge in [-0.1, -0.05) is 97.1 Å². The number of rotatable bonds is 10. The van der Waals surface area contributed by atoms with Gasteiger partial charge in [-0.15, -0.1) is 0 Å². The van der Waals surface area contributed by atoms with E-state index in [0.29, 0.717) is 0 Å². The molecule has 5 heteroatoms. The number of hydrogen-bond donors (Lipinski definition) is 0. The lowest BCUT2D eigenvalue weighted by Gasteiger charge is -2.25. The van der Waals surface area contributed by atoms with Gasteiger partial charge in [0.2, 0.25) is 0 Å². The van der Waals surface area contributed by atoms with Crippen molar-refractivity contribution >= 4 is 58.2 Å². The zero-order valence-corrected chi connectivity index (χ0v) is 25.6. The van der Waals surface area contributed by atoms with Gasteiger partial charge in [-0.3, -0.25) is 0 Å². The second-order valence-electron chi connectivity index (χ2n) is 10.6. The number of anilines is 6. The van der Waals surface area contributed by atoms with Crippen LogP contribution in [0.3, 0.4) is 0 Å². The number of benzene rings is 6. The number of hydrogen-bond acceptors (Lipinski definition) is 5. The summed E-state index contributed by atoms with van der Waals surface area (Å²) in [5.74, 6) is -1.48. The van der Waals surface area contributed by atoms with Crippen LogP contribution in [-0.2, 0) is 14.3 Å². The van der Waals surface area contributed by atoms with Crippen molar-refractivity contribution in [2.75, 3.05) is 9.80 Å². The smallest absolute Gasteiger partial charge is 0.338 e. The van der Waals surface area contributed by atoms with Crippen LogP contribution in [0.5, 0.6) is 0 Å². The molecule has 0 amide bonds. The second-order valence-corrected chi connectivity index (χ2v) is 10.6. The Bertz CT molecular complexity index is 1730. The van der Waals surface area contributed by atoms with Crippen molar-refractivity contribution in [3.8, 4) is 0 Å². The number of nitrogens with zero attached hydrogens (tertiary/aromatic N) is 2. The Morgan fingerprint density at radius 1 is 0.362 bits per heavy atom. The molecule has 0 atom stereocenters. The lowest BCUT2D eigenvalue weighted by atomic mass is 10.1. The first kappa shape index (κ1) is 30.6. The Balaban J connectivity index is 1.07. The lowest BCUT2D eigenvalue weighted by molar-refractivity contribution is -0.152. The van der Waals surface area contributed by atoms with Crippen LogP contribution in [0.2, 0.25) is 0 Å². The lowest BCUT2D eigenvalue weighted by Crippen LogP contribution is -2.09. The fraction of sp³-hybridized carbons (Fsp3) is 0. The van der Waals surface area contributed by atoms with Crippen molar-refractivity contribution in [3.63, 3.8) is 0 Å². The molecular weight excluding hydrogens is 580 g/mol. The molecule has 0 aromatic heterocycles. The Labute approximate surface area is 274 Å². The highest BCUT2D eigenvalue weighted by Crippen LogP contribution is 2.35. The molecule has 0 spiro atoms. The number of carbonyl (C=O) groups excluding carboxylic acids is 2. The molecule has 0 saturated carbocycles. The first-order chi connectivity index (χ1) is 23.1. The maximum absolute atomic E-state index is 12.4. The molecule has 0 aliphatic carbocycles. The summed E-state index contributed by atoms with van der Waals surface area (Å²) in [4.78, 5) is 29.1. The highest BCUT2D eigenvalue weighted by molar-refractivity contribution is 6.00. The fourth-order valence-electron chi connectivity index (χ4n) is 5.17. The van der Waals surface area contributed by atoms with E-state index in [1.807, 2.05) is 121 Å². The monoisotopic (exact) mass is 612 g/mol. The van der Waals surface area contributed by atoms with Gasteiger partial charge >= 0.3 is 11.9 Å². The van der Waals surface area contributed by atoms with Gasteiger partial charge in [-0.2, -0.15) is 0 Å². The maximum atomic E-state index is 12.4. The molecule has 47 heavy (non-hydrogen) atoms. The Kier molecular flexibility index (Phi) is 9.76. The topological polar surface area (TPSA) is 49.9 Å². The van der Waals surface area contributed by atoms with Gasteiger partial charge in [-0.05, 0) is 96.1 Å². The van der Waals surface area contributed by atoms with Crippen LogP contribution in [0.1, 0.15) is 11.1 Å². The quantitative estimate of drug-likeness (QED) is 0.0875. The normalized spacial score (nSPS) is 11.0. The molecule has 228 valence electrons. The predicted octanol–water partition coefficient (Wildman–Crippen LogP) is 10.4. The molecule has 0 saturated heterocycles. The third kappa shape index (κ3) is 7.98. The highest BCUT2D eigenvalue weighted by Gasteiger charge is 2.13. The number of ether oxygens (including phenoxy) is 1. The standard InChI is InChI=1S/C42H32N2O3/c45-41(31-25-33-21-27-39(28-22-33)43(35-13-5-1-6-14-35)36-15-7-2-8-16-36)47-42(46)32-26-34-23-29-40(30-24-34)44(37-17-9-3-10-18-37)38-19-11-4-12-20-38/h1-32H/b31-25+,32-26+. The summed E-state index contributed by atoms with van der Waals surface area (Å²) in [5.41, 5.74) is 7.70. The minimum Gasteiger partial charge on any atom is -0.387 e. The molecule has 6 aromatic rings. The van der Waals surface area contributed by atoms with Crippen molar-refractivity contribution in [2.45, 2.75) is 0 Å². The van der Waals surface area contributed by atoms with E-state index >= 15 is 0 Å². The predicted molar refractivity (Wildman–Crippen MR) is 191 cm³/mol. The van der Waals surface area contributed by atoms with Crippen molar-refractivity contribution in [3.05, 3.63) is 193 Å². The van der Waals surface area contributed by atoms with Crippen LogP contribution in [-0.4, -0.2) is 11.9 Å². The first-order valence-electron chi connectivity index (χ1n) is 15.3. The van der Waals surface area contributed by atoms with Crippen molar-refractivity contribution in [1.82, 2.24) is 0 Å². The van der Waals surface area contributed by atoms with E-state index in [9.17, 15) is 9.59 Å². The van der Waals surface area contributed by atoms with Gasteiger partial charge < -0.3 is 14.5 Å². The third-order valence-corrected chi connectivity index (χ3v) is 7.39. The van der Waals surface area contributed by atoms with E-state index in [4.69, 9.17) is 4.74 Å². The minimum atomic E-state index is -0.740. The van der Waals surface area contributed by atoms with E-state index in [1.54, 1.807) is 12.2 Å². The minimum absolute atomic E-state index is 0.740. The van der Waals surface area contributed by atoms with Gasteiger partial charge in [-0.25, -0.2) is 9.59 Å². The maximum Gasteiger partial charge on any atom is 0.338 e. The number of esters is 2. The molecule has 0 aliphatic rings. The van der Waals surface area contributed by atoms with Gasteiger partial charge in [0.05, 0.1) is 0 Å². The van der Waals surface area contributed by atoms with Crippen LogP contribution in [0, 0.1) is 0 Å². The summed E-state index contributed by atoms with van der Waals surface area (Å²) >= 11 is 0. The van der Waals surface area contributed by atoms with Gasteiger partial charge in [0, 0.05) is 46.3 Å². The fourth-order valence-corrected chi connectivity index (χ4v) is 5.17. The van der Waals surface area contributed by atoms with E-state index < -0.39 is 11.9 Å². The van der Waals surface area contributed by atoms with E-state index in [0.717, 1.165) is 45.3 Å². The highest BCUT2D eigenvalue weighted by atomic mass is 16.6. The average molecular weight is 613 g/mol. The molecule has 6 aromatic carbocycles. The Morgan fingerprint density at radius 2 is 0.617 bits per heavy atom. The molecule has 6 rings (SSSR count). The van der Waals surface area contributed by atoms with Crippen molar-refractivity contribution in [1.29, 1.82) is 0 Å². The molecule has 5 nitrogen and oxygen atoms in total. The molecule has 0 radical (unpaired) electrons. The van der Waals surface area contributed by atoms with Crippen LogP contribution in [0.15, 0.2) is 182 Å². The Morgan fingerprint density at radius 3 is 0.894 bits per heavy atom. The van der Waals surface area contributed by atoms with Crippen molar-refractivity contribution < 1.29 is 14.3 Å². The Hall–Kier alpha value is -6.46. The summed E-state index contributed by atoms with van der Waals surface area (Å²) in [7, 11) is 0. The van der Waals surface area contributed by atoms with Crippen LogP contribution in [0.4, 0.5) is 34.1 Å². The van der Waals surface area contributed by atoms with Gasteiger partial charge in [0.1, 0.15) is 0 Å². The molecule has 0 unspecified atom stereocenters. The molecule has 0 bridgehead atoms. The van der Waals surface area contributed by atoms with E-state index in [2.05, 4.69) is 58.3 Å². The van der Waals surface area contributed by atoms with Gasteiger partial charge in [0.25, 0.3) is 0 Å². The number of carbonyl (C=O) groups is 2. The zero-order valence-electron chi connectivity index (χ0n) is 25.6. The molecule has 0 N–H and O–H groups in total. The summed E-state index contributed by atoms with van der Waals surface area (Å²) in [5, 5.41) is 0. The average Bonchev–Trinajstić information content (AvgIpc) is 3.13. The first-order valence-corrected chi connectivity index (χ1v) is 15.3. The van der Waals surface area contributed by atoms with Crippen LogP contribution in [0.25, 0.3) is 12.2 Å². The molecule has 0 heterocycles. The SMILES string of the molecule is O=C(/C=C/c1ccc(N(c2ccccc2)c2ccccc2)cc1)OC(=O)/C=C/c1ccc(N(c2ccccc2)c2ccccc2)cc1. The zero-order chi connectivity index (χ0) is 32.3.